The molecule has 2 N–H and O–H groups in total. The number of hydrogen-bond acceptors (Lipinski definition) is 5. The molecule has 30 heavy (non-hydrogen) atoms. The van der Waals surface area contributed by atoms with Crippen LogP contribution < -0.4 is 10.6 Å². The number of anilines is 2. The number of aromatic nitrogens is 3. The summed E-state index contributed by atoms with van der Waals surface area (Å²) in [5.74, 6) is 0.406. The van der Waals surface area contributed by atoms with Gasteiger partial charge in [0.1, 0.15) is 5.82 Å². The van der Waals surface area contributed by atoms with Gasteiger partial charge in [-0.3, -0.25) is 9.59 Å². The number of aryl methyl sites for hydroxylation is 1. The molecule has 0 aliphatic rings. The zero-order valence-electron chi connectivity index (χ0n) is 16.7. The van der Waals surface area contributed by atoms with Crippen LogP contribution in [0.15, 0.2) is 53.7 Å². The molecule has 0 aliphatic carbocycles. The molecule has 2 aromatic carbocycles. The van der Waals surface area contributed by atoms with Crippen LogP contribution in [0, 0.1) is 6.92 Å². The lowest BCUT2D eigenvalue weighted by atomic mass is 10.2. The second-order valence-corrected chi connectivity index (χ2v) is 7.96. The van der Waals surface area contributed by atoms with Crippen molar-refractivity contribution in [2.45, 2.75) is 32.0 Å². The summed E-state index contributed by atoms with van der Waals surface area (Å²) in [6.07, 6.45) is 0.103. The number of carbonyl (C=O) groups excluding carboxylic acids is 2. The highest BCUT2D eigenvalue weighted by atomic mass is 35.5. The van der Waals surface area contributed by atoms with Crippen LogP contribution in [0.4, 0.5) is 11.4 Å². The summed E-state index contributed by atoms with van der Waals surface area (Å²) in [6, 6.07) is 14.5. The summed E-state index contributed by atoms with van der Waals surface area (Å²) in [7, 11) is 0. The van der Waals surface area contributed by atoms with Crippen molar-refractivity contribution in [3.8, 4) is 0 Å². The monoisotopic (exact) mass is 443 g/mol. The molecule has 0 atom stereocenters. The number of thioether (sulfide) groups is 1. The van der Waals surface area contributed by atoms with Crippen LogP contribution >= 0.6 is 23.4 Å². The first-order chi connectivity index (χ1) is 14.4. The minimum Gasteiger partial charge on any atom is -0.326 e. The van der Waals surface area contributed by atoms with Crippen LogP contribution in [-0.2, 0) is 22.6 Å². The molecule has 3 aromatic rings. The minimum atomic E-state index is -0.169. The van der Waals surface area contributed by atoms with E-state index >= 15 is 0 Å². The van der Waals surface area contributed by atoms with Gasteiger partial charge in [-0.1, -0.05) is 41.1 Å². The maximum atomic E-state index is 12.4. The van der Waals surface area contributed by atoms with Gasteiger partial charge < -0.3 is 15.2 Å². The van der Waals surface area contributed by atoms with Crippen molar-refractivity contribution >= 4 is 46.6 Å². The first kappa shape index (κ1) is 21.9. The Kier molecular flexibility index (Phi) is 7.48. The first-order valence-electron chi connectivity index (χ1n) is 9.41. The van der Waals surface area contributed by atoms with Gasteiger partial charge in [0.2, 0.25) is 11.8 Å². The fraction of sp³-hybridized carbons (Fsp3) is 0.238. The van der Waals surface area contributed by atoms with E-state index in [4.69, 9.17) is 11.6 Å². The quantitative estimate of drug-likeness (QED) is 0.510. The standard InChI is InChI=1S/C21H22ClN5O2S/c1-3-27-18(12-19(28)23-16-8-4-14(2)5-9-16)25-26-21(27)30-13-20(29)24-17-10-6-15(22)7-11-17/h4-11H,3,12-13H2,1-2H3,(H,23,28)(H,24,29). The SMILES string of the molecule is CCn1c(CC(=O)Nc2ccc(C)cc2)nnc1SCC(=O)Nc1ccc(Cl)cc1. The molecule has 1 aromatic heterocycles. The predicted molar refractivity (Wildman–Crippen MR) is 120 cm³/mol. The van der Waals surface area contributed by atoms with Crippen molar-refractivity contribution in [2.24, 2.45) is 0 Å². The second-order valence-electron chi connectivity index (χ2n) is 6.58. The van der Waals surface area contributed by atoms with Crippen molar-refractivity contribution in [1.29, 1.82) is 0 Å². The van der Waals surface area contributed by atoms with E-state index < -0.39 is 0 Å². The summed E-state index contributed by atoms with van der Waals surface area (Å²) < 4.78 is 1.84. The zero-order valence-corrected chi connectivity index (χ0v) is 18.3. The molecule has 0 spiro atoms. The van der Waals surface area contributed by atoms with Crippen molar-refractivity contribution < 1.29 is 9.59 Å². The van der Waals surface area contributed by atoms with Crippen molar-refractivity contribution in [3.63, 3.8) is 0 Å². The molecule has 3 rings (SSSR count). The van der Waals surface area contributed by atoms with Gasteiger partial charge in [-0.15, -0.1) is 10.2 Å². The van der Waals surface area contributed by atoms with E-state index in [1.165, 1.54) is 11.8 Å². The van der Waals surface area contributed by atoms with Crippen LogP contribution in [0.25, 0.3) is 0 Å². The molecule has 7 nitrogen and oxygen atoms in total. The third kappa shape index (κ3) is 6.08. The molecule has 0 unspecified atom stereocenters. The molecule has 0 saturated heterocycles. The van der Waals surface area contributed by atoms with Crippen LogP contribution in [0.2, 0.25) is 5.02 Å². The topological polar surface area (TPSA) is 88.9 Å². The lowest BCUT2D eigenvalue weighted by Crippen LogP contribution is -2.18. The Morgan fingerprint density at radius 2 is 1.57 bits per heavy atom. The normalized spacial score (nSPS) is 10.6. The number of rotatable bonds is 8. The molecule has 156 valence electrons. The number of hydrogen-bond donors (Lipinski definition) is 2. The number of benzene rings is 2. The Hall–Kier alpha value is -2.84. The van der Waals surface area contributed by atoms with E-state index in [0.717, 1.165) is 11.3 Å². The van der Waals surface area contributed by atoms with E-state index in [9.17, 15) is 9.59 Å². The maximum absolute atomic E-state index is 12.4. The molecular formula is C21H22ClN5O2S. The lowest BCUT2D eigenvalue weighted by molar-refractivity contribution is -0.116. The molecule has 0 fully saturated rings. The van der Waals surface area contributed by atoms with E-state index in [0.29, 0.717) is 28.2 Å². The Balaban J connectivity index is 1.56. The number of carbonyl (C=O) groups is 2. The third-order valence-electron chi connectivity index (χ3n) is 4.22. The zero-order chi connectivity index (χ0) is 21.5. The van der Waals surface area contributed by atoms with Gasteiger partial charge in [-0.2, -0.15) is 0 Å². The molecule has 0 saturated carbocycles. The van der Waals surface area contributed by atoms with E-state index in [1.54, 1.807) is 24.3 Å². The molecule has 0 bridgehead atoms. The van der Waals surface area contributed by atoms with Gasteiger partial charge >= 0.3 is 0 Å². The van der Waals surface area contributed by atoms with Gasteiger partial charge in [-0.05, 0) is 50.2 Å². The first-order valence-corrected chi connectivity index (χ1v) is 10.8. The summed E-state index contributed by atoms with van der Waals surface area (Å²) in [5, 5.41) is 15.2. The van der Waals surface area contributed by atoms with Crippen molar-refractivity contribution in [3.05, 3.63) is 64.9 Å². The number of nitrogens with one attached hydrogen (secondary N) is 2. The van der Waals surface area contributed by atoms with Crippen LogP contribution in [0.5, 0.6) is 0 Å². The molecule has 0 aliphatic heterocycles. The average molecular weight is 444 g/mol. The van der Waals surface area contributed by atoms with E-state index in [1.807, 2.05) is 42.7 Å². The Morgan fingerprint density at radius 1 is 0.967 bits per heavy atom. The number of halogens is 1. The van der Waals surface area contributed by atoms with Crippen molar-refractivity contribution in [1.82, 2.24) is 14.8 Å². The summed E-state index contributed by atoms with van der Waals surface area (Å²) >= 11 is 7.12. The highest BCUT2D eigenvalue weighted by Gasteiger charge is 2.16. The molecule has 1 heterocycles. The lowest BCUT2D eigenvalue weighted by Gasteiger charge is -2.09. The van der Waals surface area contributed by atoms with Crippen molar-refractivity contribution in [2.75, 3.05) is 16.4 Å². The highest BCUT2D eigenvalue weighted by molar-refractivity contribution is 7.99. The van der Waals surface area contributed by atoms with Crippen LogP contribution in [0.3, 0.4) is 0 Å². The Labute approximate surface area is 184 Å². The van der Waals surface area contributed by atoms with Gasteiger partial charge in [0.15, 0.2) is 5.16 Å². The number of nitrogens with zero attached hydrogens (tertiary/aromatic N) is 3. The van der Waals surface area contributed by atoms with E-state index in [2.05, 4.69) is 20.8 Å². The summed E-state index contributed by atoms with van der Waals surface area (Å²) in [5.41, 5.74) is 2.54. The average Bonchev–Trinajstić information content (AvgIpc) is 3.11. The minimum absolute atomic E-state index is 0.103. The molecule has 2 amide bonds. The fourth-order valence-corrected chi connectivity index (χ4v) is 3.67. The highest BCUT2D eigenvalue weighted by Crippen LogP contribution is 2.19. The predicted octanol–water partition coefficient (Wildman–Crippen LogP) is 4.17. The van der Waals surface area contributed by atoms with Gasteiger partial charge in [-0.25, -0.2) is 0 Å². The Bertz CT molecular complexity index is 1020. The van der Waals surface area contributed by atoms with Gasteiger partial charge in [0, 0.05) is 22.9 Å². The smallest absolute Gasteiger partial charge is 0.234 e. The largest absolute Gasteiger partial charge is 0.326 e. The van der Waals surface area contributed by atoms with Gasteiger partial charge in [0.25, 0.3) is 0 Å². The third-order valence-corrected chi connectivity index (χ3v) is 5.44. The fourth-order valence-electron chi connectivity index (χ4n) is 2.72. The number of amides is 2. The second kappa shape index (κ2) is 10.3. The van der Waals surface area contributed by atoms with E-state index in [-0.39, 0.29) is 24.0 Å². The Morgan fingerprint density at radius 3 is 2.20 bits per heavy atom. The molecule has 0 radical (unpaired) electrons. The van der Waals surface area contributed by atoms with Crippen LogP contribution in [-0.4, -0.2) is 32.3 Å². The maximum Gasteiger partial charge on any atom is 0.234 e. The summed E-state index contributed by atoms with van der Waals surface area (Å²) in [4.78, 5) is 24.6. The van der Waals surface area contributed by atoms with Crippen LogP contribution in [0.1, 0.15) is 18.3 Å². The van der Waals surface area contributed by atoms with Gasteiger partial charge in [0.05, 0.1) is 12.2 Å². The summed E-state index contributed by atoms with van der Waals surface area (Å²) in [6.45, 7) is 4.54. The molecule has 9 heteroatoms. The molecular weight excluding hydrogens is 422 g/mol.